The molecule has 0 aromatic carbocycles. The Hall–Kier alpha value is -0.0400. The van der Waals surface area contributed by atoms with Crippen molar-refractivity contribution in [2.75, 3.05) is 6.54 Å². The van der Waals surface area contributed by atoms with Gasteiger partial charge in [0.05, 0.1) is 0 Å². The minimum atomic E-state index is 0.746. The average Bonchev–Trinajstić information content (AvgIpc) is 2.04. The topological polar surface area (TPSA) is 12.0 Å². The maximum Gasteiger partial charge on any atom is 0.00387 e. The fourth-order valence-electron chi connectivity index (χ4n) is 1.99. The van der Waals surface area contributed by atoms with Crippen molar-refractivity contribution in [3.05, 3.63) is 0 Å². The molecular formula is C11H23N. The summed E-state index contributed by atoms with van der Waals surface area (Å²) in [5.41, 5.74) is 0. The van der Waals surface area contributed by atoms with Crippen molar-refractivity contribution in [1.82, 2.24) is 5.32 Å². The van der Waals surface area contributed by atoms with E-state index in [1.807, 2.05) is 0 Å². The molecule has 0 aromatic heterocycles. The molecule has 0 saturated carbocycles. The van der Waals surface area contributed by atoms with E-state index in [-0.39, 0.29) is 0 Å². The Morgan fingerprint density at radius 1 is 0.917 bits per heavy atom. The largest absolute Gasteiger partial charge is 0.314 e. The van der Waals surface area contributed by atoms with Gasteiger partial charge in [-0.15, -0.1) is 0 Å². The van der Waals surface area contributed by atoms with Crippen molar-refractivity contribution < 1.29 is 0 Å². The first-order valence-corrected chi connectivity index (χ1v) is 5.52. The SMILES string of the molecule is CC1CCCCNC(C)CCC1. The van der Waals surface area contributed by atoms with Crippen molar-refractivity contribution in [2.24, 2.45) is 5.92 Å². The highest BCUT2D eigenvalue weighted by molar-refractivity contribution is 4.65. The predicted molar refractivity (Wildman–Crippen MR) is 54.3 cm³/mol. The molecule has 2 atom stereocenters. The molecule has 0 bridgehead atoms. The maximum absolute atomic E-state index is 3.57. The molecule has 2 unspecified atom stereocenters. The van der Waals surface area contributed by atoms with E-state index >= 15 is 0 Å². The van der Waals surface area contributed by atoms with E-state index in [1.165, 1.54) is 45.1 Å². The van der Waals surface area contributed by atoms with Crippen molar-refractivity contribution in [1.29, 1.82) is 0 Å². The molecule has 0 radical (unpaired) electrons. The molecule has 0 aliphatic carbocycles. The second-order valence-corrected chi connectivity index (χ2v) is 4.39. The van der Waals surface area contributed by atoms with Crippen LogP contribution < -0.4 is 5.32 Å². The summed E-state index contributed by atoms with van der Waals surface area (Å²) in [5.74, 6) is 0.968. The Balaban J connectivity index is 2.21. The molecule has 1 heterocycles. The molecule has 0 aromatic rings. The molecule has 1 nitrogen and oxygen atoms in total. The molecule has 1 rings (SSSR count). The average molecular weight is 169 g/mol. The third-order valence-corrected chi connectivity index (χ3v) is 2.95. The van der Waals surface area contributed by atoms with Crippen LogP contribution >= 0.6 is 0 Å². The molecule has 1 fully saturated rings. The zero-order chi connectivity index (χ0) is 8.81. The molecule has 72 valence electrons. The number of nitrogens with one attached hydrogen (secondary N) is 1. The molecule has 1 saturated heterocycles. The summed E-state index contributed by atoms with van der Waals surface area (Å²) >= 11 is 0. The second kappa shape index (κ2) is 5.58. The van der Waals surface area contributed by atoms with Crippen LogP contribution in [-0.2, 0) is 0 Å². The fraction of sp³-hybridized carbons (Fsp3) is 1.00. The van der Waals surface area contributed by atoms with E-state index < -0.39 is 0 Å². The van der Waals surface area contributed by atoms with E-state index in [4.69, 9.17) is 0 Å². The van der Waals surface area contributed by atoms with Gasteiger partial charge >= 0.3 is 0 Å². The van der Waals surface area contributed by atoms with Crippen LogP contribution in [0, 0.1) is 5.92 Å². The van der Waals surface area contributed by atoms with Gasteiger partial charge in [0.1, 0.15) is 0 Å². The van der Waals surface area contributed by atoms with Crippen LogP contribution in [0.15, 0.2) is 0 Å². The predicted octanol–water partition coefficient (Wildman–Crippen LogP) is 2.95. The Kier molecular flexibility index (Phi) is 4.67. The normalized spacial score (nSPS) is 34.5. The number of hydrogen-bond donors (Lipinski definition) is 1. The quantitative estimate of drug-likeness (QED) is 0.588. The van der Waals surface area contributed by atoms with E-state index in [0.717, 1.165) is 12.0 Å². The summed E-state index contributed by atoms with van der Waals surface area (Å²) in [4.78, 5) is 0. The Labute approximate surface area is 76.9 Å². The van der Waals surface area contributed by atoms with Gasteiger partial charge in [0, 0.05) is 6.04 Å². The van der Waals surface area contributed by atoms with Crippen LogP contribution in [0.4, 0.5) is 0 Å². The van der Waals surface area contributed by atoms with Crippen LogP contribution in [0.25, 0.3) is 0 Å². The first-order valence-electron chi connectivity index (χ1n) is 5.52. The fourth-order valence-corrected chi connectivity index (χ4v) is 1.99. The first kappa shape index (κ1) is 10.0. The van der Waals surface area contributed by atoms with Gasteiger partial charge in [0.25, 0.3) is 0 Å². The van der Waals surface area contributed by atoms with Crippen molar-refractivity contribution in [3.8, 4) is 0 Å². The lowest BCUT2D eigenvalue weighted by atomic mass is 9.95. The lowest BCUT2D eigenvalue weighted by molar-refractivity contribution is 0.388. The molecule has 1 aliphatic rings. The van der Waals surface area contributed by atoms with E-state index in [9.17, 15) is 0 Å². The van der Waals surface area contributed by atoms with Crippen molar-refractivity contribution >= 4 is 0 Å². The van der Waals surface area contributed by atoms with Crippen LogP contribution in [-0.4, -0.2) is 12.6 Å². The minimum Gasteiger partial charge on any atom is -0.314 e. The van der Waals surface area contributed by atoms with Crippen LogP contribution in [0.3, 0.4) is 0 Å². The van der Waals surface area contributed by atoms with Crippen LogP contribution in [0.1, 0.15) is 52.4 Å². The highest BCUT2D eigenvalue weighted by atomic mass is 14.9. The summed E-state index contributed by atoms with van der Waals surface area (Å²) in [6.07, 6.45) is 8.44. The van der Waals surface area contributed by atoms with E-state index in [1.54, 1.807) is 0 Å². The molecule has 12 heavy (non-hydrogen) atoms. The van der Waals surface area contributed by atoms with Gasteiger partial charge in [-0.25, -0.2) is 0 Å². The van der Waals surface area contributed by atoms with Crippen molar-refractivity contribution in [2.45, 2.75) is 58.4 Å². The third kappa shape index (κ3) is 4.10. The zero-order valence-corrected chi connectivity index (χ0v) is 8.60. The standard InChI is InChI=1S/C11H23N/c1-10-6-3-4-9-12-11(2)8-5-7-10/h10-12H,3-9H2,1-2H3. The van der Waals surface area contributed by atoms with Gasteiger partial charge in [0.2, 0.25) is 0 Å². The lowest BCUT2D eigenvalue weighted by Gasteiger charge is -2.18. The molecule has 1 heteroatoms. The van der Waals surface area contributed by atoms with Gasteiger partial charge in [0.15, 0.2) is 0 Å². The summed E-state index contributed by atoms with van der Waals surface area (Å²) in [6, 6.07) is 0.746. The summed E-state index contributed by atoms with van der Waals surface area (Å²) in [5, 5.41) is 3.57. The van der Waals surface area contributed by atoms with Crippen LogP contribution in [0.2, 0.25) is 0 Å². The molecule has 1 N–H and O–H groups in total. The lowest BCUT2D eigenvalue weighted by Crippen LogP contribution is -2.27. The highest BCUT2D eigenvalue weighted by Crippen LogP contribution is 2.16. The van der Waals surface area contributed by atoms with Gasteiger partial charge in [-0.2, -0.15) is 0 Å². The Morgan fingerprint density at radius 2 is 1.67 bits per heavy atom. The maximum atomic E-state index is 3.57. The summed E-state index contributed by atoms with van der Waals surface area (Å²) in [7, 11) is 0. The van der Waals surface area contributed by atoms with Gasteiger partial charge in [-0.05, 0) is 32.2 Å². The Bertz CT molecular complexity index is 99.6. The Morgan fingerprint density at radius 3 is 2.50 bits per heavy atom. The number of rotatable bonds is 0. The van der Waals surface area contributed by atoms with Gasteiger partial charge in [-0.3, -0.25) is 0 Å². The molecule has 0 spiro atoms. The zero-order valence-electron chi connectivity index (χ0n) is 8.60. The smallest absolute Gasteiger partial charge is 0.00387 e. The van der Waals surface area contributed by atoms with E-state index in [0.29, 0.717) is 0 Å². The molecular weight excluding hydrogens is 146 g/mol. The van der Waals surface area contributed by atoms with Gasteiger partial charge < -0.3 is 5.32 Å². The first-order chi connectivity index (χ1) is 5.79. The number of hydrogen-bond acceptors (Lipinski definition) is 1. The molecule has 0 amide bonds. The third-order valence-electron chi connectivity index (χ3n) is 2.95. The van der Waals surface area contributed by atoms with Crippen LogP contribution in [0.5, 0.6) is 0 Å². The minimum absolute atomic E-state index is 0.746. The second-order valence-electron chi connectivity index (χ2n) is 4.39. The van der Waals surface area contributed by atoms with E-state index in [2.05, 4.69) is 19.2 Å². The van der Waals surface area contributed by atoms with Crippen molar-refractivity contribution in [3.63, 3.8) is 0 Å². The molecule has 1 aliphatic heterocycles. The summed E-state index contributed by atoms with van der Waals surface area (Å²) < 4.78 is 0. The van der Waals surface area contributed by atoms with Gasteiger partial charge in [-0.1, -0.05) is 32.6 Å². The highest BCUT2D eigenvalue weighted by Gasteiger charge is 2.07. The monoisotopic (exact) mass is 169 g/mol. The summed E-state index contributed by atoms with van der Waals surface area (Å²) in [6.45, 7) is 5.94.